The molecule has 0 radical (unpaired) electrons. The van der Waals surface area contributed by atoms with Crippen LogP contribution in [0.2, 0.25) is 0 Å². The predicted molar refractivity (Wildman–Crippen MR) is 97.3 cm³/mol. The number of hydrogen-bond donors (Lipinski definition) is 0. The van der Waals surface area contributed by atoms with Crippen molar-refractivity contribution >= 4 is 0 Å². The van der Waals surface area contributed by atoms with E-state index in [0.29, 0.717) is 0 Å². The van der Waals surface area contributed by atoms with E-state index in [1.54, 1.807) is 7.11 Å². The van der Waals surface area contributed by atoms with Gasteiger partial charge >= 0.3 is 0 Å². The van der Waals surface area contributed by atoms with E-state index in [9.17, 15) is 0 Å². The van der Waals surface area contributed by atoms with Crippen LogP contribution >= 0.6 is 0 Å². The van der Waals surface area contributed by atoms with Crippen LogP contribution in [0.4, 0.5) is 0 Å². The molecule has 2 heterocycles. The lowest BCUT2D eigenvalue weighted by Crippen LogP contribution is -2.35. The molecule has 0 N–H and O–H groups in total. The van der Waals surface area contributed by atoms with Gasteiger partial charge in [-0.2, -0.15) is 5.10 Å². The Morgan fingerprint density at radius 3 is 2.96 bits per heavy atom. The first kappa shape index (κ1) is 17.0. The summed E-state index contributed by atoms with van der Waals surface area (Å²) in [6.07, 6.45) is 7.08. The highest BCUT2D eigenvalue weighted by molar-refractivity contribution is 5.28. The second-order valence-electron chi connectivity index (χ2n) is 7.01. The van der Waals surface area contributed by atoms with Gasteiger partial charge in [-0.3, -0.25) is 9.58 Å². The maximum atomic E-state index is 5.33. The van der Waals surface area contributed by atoms with Gasteiger partial charge in [0.05, 0.1) is 13.3 Å². The van der Waals surface area contributed by atoms with Crippen LogP contribution in [0.25, 0.3) is 0 Å². The molecule has 24 heavy (non-hydrogen) atoms. The number of methoxy groups -OCH3 is 1. The molecule has 1 aromatic carbocycles. The zero-order valence-electron chi connectivity index (χ0n) is 15.2. The van der Waals surface area contributed by atoms with Gasteiger partial charge in [-0.05, 0) is 62.8 Å². The fourth-order valence-corrected chi connectivity index (χ4v) is 3.67. The Bertz CT molecular complexity index is 665. The van der Waals surface area contributed by atoms with Gasteiger partial charge in [0, 0.05) is 31.4 Å². The van der Waals surface area contributed by atoms with Crippen molar-refractivity contribution in [1.29, 1.82) is 0 Å². The first-order valence-electron chi connectivity index (χ1n) is 8.98. The molecule has 1 fully saturated rings. The first-order chi connectivity index (χ1) is 11.7. The molecular formula is C20H29N3O. The average Bonchev–Trinajstić information content (AvgIpc) is 2.92. The van der Waals surface area contributed by atoms with Crippen LogP contribution in [0.5, 0.6) is 5.75 Å². The maximum absolute atomic E-state index is 5.33. The lowest BCUT2D eigenvalue weighted by atomic mass is 9.91. The number of rotatable bonds is 6. The zero-order chi connectivity index (χ0) is 16.9. The second kappa shape index (κ2) is 7.84. The van der Waals surface area contributed by atoms with Crippen molar-refractivity contribution in [1.82, 2.24) is 14.7 Å². The summed E-state index contributed by atoms with van der Waals surface area (Å²) in [6, 6.07) is 8.48. The minimum absolute atomic E-state index is 0.793. The second-order valence-corrected chi connectivity index (χ2v) is 7.01. The molecule has 4 nitrogen and oxygen atoms in total. The third-order valence-corrected chi connectivity index (χ3v) is 5.31. The van der Waals surface area contributed by atoms with E-state index in [-0.39, 0.29) is 0 Å². The number of piperidine rings is 1. The summed E-state index contributed by atoms with van der Waals surface area (Å²) < 4.78 is 7.30. The molecule has 2 aromatic rings. The summed E-state index contributed by atoms with van der Waals surface area (Å²) >= 11 is 0. The average molecular weight is 327 g/mol. The molecule has 130 valence electrons. The van der Waals surface area contributed by atoms with E-state index in [1.807, 2.05) is 24.0 Å². The van der Waals surface area contributed by atoms with Crippen LogP contribution in [-0.4, -0.2) is 34.9 Å². The first-order valence-corrected chi connectivity index (χ1v) is 8.98. The van der Waals surface area contributed by atoms with Gasteiger partial charge in [0.15, 0.2) is 0 Å². The fourth-order valence-electron chi connectivity index (χ4n) is 3.67. The van der Waals surface area contributed by atoms with Crippen molar-refractivity contribution in [3.8, 4) is 5.75 Å². The van der Waals surface area contributed by atoms with Crippen LogP contribution < -0.4 is 4.74 Å². The SMILES string of the molecule is COc1cccc(CC[C@@H]2CCCN(Cc3cnn(C)c3C)C2)c1. The van der Waals surface area contributed by atoms with Crippen LogP contribution in [0.15, 0.2) is 30.5 Å². The van der Waals surface area contributed by atoms with Crippen molar-refractivity contribution < 1.29 is 4.74 Å². The van der Waals surface area contributed by atoms with Crippen LogP contribution in [0.3, 0.4) is 0 Å². The number of ether oxygens (including phenoxy) is 1. The number of likely N-dealkylation sites (tertiary alicyclic amines) is 1. The molecule has 1 atom stereocenters. The highest BCUT2D eigenvalue weighted by atomic mass is 16.5. The summed E-state index contributed by atoms with van der Waals surface area (Å²) in [7, 11) is 3.75. The number of aromatic nitrogens is 2. The van der Waals surface area contributed by atoms with Crippen LogP contribution in [-0.2, 0) is 20.0 Å². The van der Waals surface area contributed by atoms with Crippen molar-refractivity contribution in [3.63, 3.8) is 0 Å². The van der Waals surface area contributed by atoms with Gasteiger partial charge in [-0.25, -0.2) is 0 Å². The van der Waals surface area contributed by atoms with E-state index < -0.39 is 0 Å². The van der Waals surface area contributed by atoms with Gasteiger partial charge in [-0.1, -0.05) is 12.1 Å². The molecule has 1 saturated heterocycles. The number of hydrogen-bond acceptors (Lipinski definition) is 3. The molecule has 0 aliphatic carbocycles. The van der Waals surface area contributed by atoms with Gasteiger partial charge in [0.25, 0.3) is 0 Å². The summed E-state index contributed by atoms with van der Waals surface area (Å²) in [4.78, 5) is 2.60. The lowest BCUT2D eigenvalue weighted by molar-refractivity contribution is 0.161. The standard InChI is InChI=1S/C20H29N3O/c1-16-19(13-21-22(16)2)15-23-11-5-7-18(14-23)10-9-17-6-4-8-20(12-17)24-3/h4,6,8,12-13,18H,5,7,9-11,14-15H2,1-3H3/t18-/m0/s1. The molecule has 1 aromatic heterocycles. The van der Waals surface area contributed by atoms with Gasteiger partial charge < -0.3 is 4.74 Å². The van der Waals surface area contributed by atoms with E-state index in [4.69, 9.17) is 4.74 Å². The Kier molecular flexibility index (Phi) is 5.56. The molecule has 3 rings (SSSR count). The van der Waals surface area contributed by atoms with Crippen molar-refractivity contribution in [2.45, 2.75) is 39.2 Å². The molecule has 0 amide bonds. The highest BCUT2D eigenvalue weighted by Crippen LogP contribution is 2.24. The van der Waals surface area contributed by atoms with Crippen molar-refractivity contribution in [2.24, 2.45) is 13.0 Å². The topological polar surface area (TPSA) is 30.3 Å². The normalized spacial score (nSPS) is 18.7. The Morgan fingerprint density at radius 2 is 2.21 bits per heavy atom. The lowest BCUT2D eigenvalue weighted by Gasteiger charge is -2.32. The molecule has 0 unspecified atom stereocenters. The Hall–Kier alpha value is -1.81. The number of nitrogens with zero attached hydrogens (tertiary/aromatic N) is 3. The Balaban J connectivity index is 1.52. The van der Waals surface area contributed by atoms with Gasteiger partial charge in [0.1, 0.15) is 5.75 Å². The molecular weight excluding hydrogens is 298 g/mol. The summed E-state index contributed by atoms with van der Waals surface area (Å²) in [5.74, 6) is 1.76. The monoisotopic (exact) mass is 327 g/mol. The molecule has 1 aliphatic heterocycles. The largest absolute Gasteiger partial charge is 0.497 e. The summed E-state index contributed by atoms with van der Waals surface area (Å²) in [5.41, 5.74) is 4.04. The third-order valence-electron chi connectivity index (χ3n) is 5.31. The van der Waals surface area contributed by atoms with E-state index in [0.717, 1.165) is 24.6 Å². The minimum atomic E-state index is 0.793. The van der Waals surface area contributed by atoms with Gasteiger partial charge in [-0.15, -0.1) is 0 Å². The molecule has 0 spiro atoms. The summed E-state index contributed by atoms with van der Waals surface area (Å²) in [6.45, 7) is 5.62. The smallest absolute Gasteiger partial charge is 0.119 e. The maximum Gasteiger partial charge on any atom is 0.119 e. The van der Waals surface area contributed by atoms with Crippen molar-refractivity contribution in [3.05, 3.63) is 47.3 Å². The zero-order valence-corrected chi connectivity index (χ0v) is 15.2. The highest BCUT2D eigenvalue weighted by Gasteiger charge is 2.21. The Labute approximate surface area is 145 Å². The fraction of sp³-hybridized carbons (Fsp3) is 0.550. The van der Waals surface area contributed by atoms with E-state index in [1.165, 1.54) is 49.2 Å². The summed E-state index contributed by atoms with van der Waals surface area (Å²) in [5, 5.41) is 4.37. The van der Waals surface area contributed by atoms with E-state index >= 15 is 0 Å². The van der Waals surface area contributed by atoms with Crippen LogP contribution in [0, 0.1) is 12.8 Å². The minimum Gasteiger partial charge on any atom is -0.497 e. The third kappa shape index (κ3) is 4.18. The predicted octanol–water partition coefficient (Wildman–Crippen LogP) is 3.58. The van der Waals surface area contributed by atoms with Crippen molar-refractivity contribution in [2.75, 3.05) is 20.2 Å². The number of benzene rings is 1. The molecule has 0 bridgehead atoms. The van der Waals surface area contributed by atoms with Gasteiger partial charge in [0.2, 0.25) is 0 Å². The quantitative estimate of drug-likeness (QED) is 0.812. The molecule has 0 saturated carbocycles. The number of aryl methyl sites for hydroxylation is 2. The van der Waals surface area contributed by atoms with Crippen LogP contribution in [0.1, 0.15) is 36.1 Å². The molecule has 4 heteroatoms. The Morgan fingerprint density at radius 1 is 1.33 bits per heavy atom. The van der Waals surface area contributed by atoms with E-state index in [2.05, 4.69) is 35.1 Å². The molecule has 1 aliphatic rings.